The van der Waals surface area contributed by atoms with Crippen molar-refractivity contribution >= 4 is 40.2 Å². The molecule has 2 heterocycles. The minimum Gasteiger partial charge on any atom is -0.316 e. The van der Waals surface area contributed by atoms with E-state index in [9.17, 15) is 0 Å². The van der Waals surface area contributed by atoms with Gasteiger partial charge in [0.05, 0.1) is 5.71 Å². The normalized spacial score (nSPS) is 11.1. The molecule has 0 aliphatic carbocycles. The van der Waals surface area contributed by atoms with E-state index in [-0.39, 0.29) is 0 Å². The van der Waals surface area contributed by atoms with Gasteiger partial charge in [0.15, 0.2) is 5.11 Å². The second-order valence-electron chi connectivity index (χ2n) is 3.46. The summed E-state index contributed by atoms with van der Waals surface area (Å²) in [6, 6.07) is 9.58. The molecular weight excluding hydrogens is 264 g/mol. The van der Waals surface area contributed by atoms with Crippen LogP contribution in [0.4, 0.5) is 5.82 Å². The number of nitrogens with one attached hydrogen (secondary N) is 2. The summed E-state index contributed by atoms with van der Waals surface area (Å²) in [4.78, 5) is 5.22. The summed E-state index contributed by atoms with van der Waals surface area (Å²) in [6.07, 6.45) is 1.70. The second kappa shape index (κ2) is 6.23. The van der Waals surface area contributed by atoms with E-state index in [1.165, 1.54) is 0 Å². The van der Waals surface area contributed by atoms with Crippen LogP contribution in [-0.4, -0.2) is 15.8 Å². The van der Waals surface area contributed by atoms with Gasteiger partial charge in [0, 0.05) is 11.1 Å². The molecule has 0 radical (unpaired) electrons. The molecule has 0 bridgehead atoms. The van der Waals surface area contributed by atoms with E-state index in [4.69, 9.17) is 12.2 Å². The minimum atomic E-state index is 0.421. The Balaban J connectivity index is 1.91. The highest BCUT2D eigenvalue weighted by molar-refractivity contribution is 7.80. The van der Waals surface area contributed by atoms with Gasteiger partial charge in [0.25, 0.3) is 0 Å². The Morgan fingerprint density at radius 1 is 1.33 bits per heavy atom. The molecule has 0 unspecified atom stereocenters. The third-order valence-corrected chi connectivity index (χ3v) is 3.28. The molecule has 0 atom stereocenters. The standard InChI is InChI=1S/C12H12N4S2/c1-9(10-5-4-8-18-10)15-16-12(17)14-11-6-2-3-7-13-11/h2-8H,1H3,(H2,13,14,16,17)/b15-9+. The number of aromatic nitrogens is 1. The molecule has 0 amide bonds. The Kier molecular flexibility index (Phi) is 4.38. The molecule has 2 N–H and O–H groups in total. The number of pyridine rings is 1. The molecule has 0 saturated heterocycles. The summed E-state index contributed by atoms with van der Waals surface area (Å²) in [7, 11) is 0. The minimum absolute atomic E-state index is 0.421. The molecule has 0 fully saturated rings. The molecule has 0 saturated carbocycles. The van der Waals surface area contributed by atoms with Crippen molar-refractivity contribution in [3.05, 3.63) is 46.8 Å². The second-order valence-corrected chi connectivity index (χ2v) is 4.81. The van der Waals surface area contributed by atoms with Gasteiger partial charge >= 0.3 is 0 Å². The Labute approximate surface area is 115 Å². The van der Waals surface area contributed by atoms with Crippen LogP contribution in [0.25, 0.3) is 0 Å². The molecular formula is C12H12N4S2. The number of anilines is 1. The van der Waals surface area contributed by atoms with Crippen LogP contribution in [0.2, 0.25) is 0 Å². The third kappa shape index (κ3) is 3.61. The van der Waals surface area contributed by atoms with Gasteiger partial charge in [-0.25, -0.2) is 4.98 Å². The van der Waals surface area contributed by atoms with Crippen molar-refractivity contribution < 1.29 is 0 Å². The van der Waals surface area contributed by atoms with Gasteiger partial charge in [0.1, 0.15) is 5.82 Å². The van der Waals surface area contributed by atoms with Crippen LogP contribution < -0.4 is 10.7 Å². The van der Waals surface area contributed by atoms with Crippen molar-refractivity contribution in [2.75, 3.05) is 5.32 Å². The number of nitrogens with zero attached hydrogens (tertiary/aromatic N) is 2. The lowest BCUT2D eigenvalue weighted by Gasteiger charge is -2.06. The molecule has 0 aliphatic rings. The summed E-state index contributed by atoms with van der Waals surface area (Å²) in [6.45, 7) is 1.93. The van der Waals surface area contributed by atoms with E-state index in [0.29, 0.717) is 10.9 Å². The average Bonchev–Trinajstić information content (AvgIpc) is 2.91. The van der Waals surface area contributed by atoms with E-state index in [1.807, 2.05) is 42.6 Å². The molecule has 6 heteroatoms. The number of hydrazone groups is 1. The molecule has 0 aliphatic heterocycles. The van der Waals surface area contributed by atoms with Gasteiger partial charge in [0.2, 0.25) is 0 Å². The number of hydrogen-bond donors (Lipinski definition) is 2. The SMILES string of the molecule is C/C(=N\NC(=S)Nc1ccccn1)c1cccs1. The topological polar surface area (TPSA) is 49.3 Å². The summed E-state index contributed by atoms with van der Waals surface area (Å²) in [5.41, 5.74) is 3.69. The molecule has 2 aromatic heterocycles. The summed E-state index contributed by atoms with van der Waals surface area (Å²) in [5.74, 6) is 0.693. The van der Waals surface area contributed by atoms with E-state index >= 15 is 0 Å². The van der Waals surface area contributed by atoms with Gasteiger partial charge < -0.3 is 5.32 Å². The fourth-order valence-electron chi connectivity index (χ4n) is 1.26. The van der Waals surface area contributed by atoms with Gasteiger partial charge in [-0.15, -0.1) is 11.3 Å². The fraction of sp³-hybridized carbons (Fsp3) is 0.0833. The van der Waals surface area contributed by atoms with Crippen LogP contribution in [0.15, 0.2) is 47.0 Å². The maximum atomic E-state index is 5.12. The third-order valence-electron chi connectivity index (χ3n) is 2.11. The van der Waals surface area contributed by atoms with E-state index in [0.717, 1.165) is 10.6 Å². The van der Waals surface area contributed by atoms with Crippen LogP contribution >= 0.6 is 23.6 Å². The molecule has 92 valence electrons. The number of hydrogen-bond acceptors (Lipinski definition) is 4. The van der Waals surface area contributed by atoms with Crippen molar-refractivity contribution in [3.8, 4) is 0 Å². The largest absolute Gasteiger partial charge is 0.316 e. The Morgan fingerprint density at radius 2 is 2.22 bits per heavy atom. The maximum Gasteiger partial charge on any atom is 0.192 e. The van der Waals surface area contributed by atoms with Crippen LogP contribution in [0.1, 0.15) is 11.8 Å². The maximum absolute atomic E-state index is 5.12. The zero-order chi connectivity index (χ0) is 12.8. The monoisotopic (exact) mass is 276 g/mol. The van der Waals surface area contributed by atoms with Crippen molar-refractivity contribution in [3.63, 3.8) is 0 Å². The summed E-state index contributed by atoms with van der Waals surface area (Å²) < 4.78 is 0. The van der Waals surface area contributed by atoms with E-state index < -0.39 is 0 Å². The van der Waals surface area contributed by atoms with Crippen molar-refractivity contribution in [1.29, 1.82) is 0 Å². The van der Waals surface area contributed by atoms with Crippen LogP contribution in [-0.2, 0) is 0 Å². The van der Waals surface area contributed by atoms with Gasteiger partial charge in [-0.1, -0.05) is 12.1 Å². The predicted octanol–water partition coefficient (Wildman–Crippen LogP) is 2.85. The van der Waals surface area contributed by atoms with Crippen molar-refractivity contribution in [1.82, 2.24) is 10.4 Å². The van der Waals surface area contributed by atoms with Crippen molar-refractivity contribution in [2.45, 2.75) is 6.92 Å². The zero-order valence-electron chi connectivity index (χ0n) is 9.75. The first-order chi connectivity index (χ1) is 8.75. The molecule has 4 nitrogen and oxygen atoms in total. The number of rotatable bonds is 3. The smallest absolute Gasteiger partial charge is 0.192 e. The molecule has 0 spiro atoms. The highest BCUT2D eigenvalue weighted by Crippen LogP contribution is 2.09. The Morgan fingerprint density at radius 3 is 2.89 bits per heavy atom. The first-order valence-electron chi connectivity index (χ1n) is 5.32. The average molecular weight is 276 g/mol. The molecule has 2 rings (SSSR count). The lowest BCUT2D eigenvalue weighted by molar-refractivity contribution is 1.04. The lowest BCUT2D eigenvalue weighted by Crippen LogP contribution is -2.25. The molecule has 18 heavy (non-hydrogen) atoms. The lowest BCUT2D eigenvalue weighted by atomic mass is 10.3. The molecule has 2 aromatic rings. The van der Waals surface area contributed by atoms with Crippen LogP contribution in [0, 0.1) is 0 Å². The Hall–Kier alpha value is -1.79. The summed E-state index contributed by atoms with van der Waals surface area (Å²) >= 11 is 6.76. The van der Waals surface area contributed by atoms with Crippen LogP contribution in [0.3, 0.4) is 0 Å². The Bertz CT molecular complexity index is 534. The highest BCUT2D eigenvalue weighted by atomic mass is 32.1. The summed E-state index contributed by atoms with van der Waals surface area (Å²) in [5, 5.41) is 9.59. The van der Waals surface area contributed by atoms with Gasteiger partial charge in [-0.3, -0.25) is 5.43 Å². The van der Waals surface area contributed by atoms with Gasteiger partial charge in [-0.2, -0.15) is 5.10 Å². The van der Waals surface area contributed by atoms with E-state index in [2.05, 4.69) is 20.8 Å². The first-order valence-corrected chi connectivity index (χ1v) is 6.60. The van der Waals surface area contributed by atoms with E-state index in [1.54, 1.807) is 17.5 Å². The van der Waals surface area contributed by atoms with Crippen molar-refractivity contribution in [2.24, 2.45) is 5.10 Å². The van der Waals surface area contributed by atoms with Crippen LogP contribution in [0.5, 0.6) is 0 Å². The predicted molar refractivity (Wildman–Crippen MR) is 80.1 cm³/mol. The molecule has 0 aromatic carbocycles. The quantitative estimate of drug-likeness (QED) is 0.514. The fourth-order valence-corrected chi connectivity index (χ4v) is 2.08. The number of thiophene rings is 1. The van der Waals surface area contributed by atoms with Gasteiger partial charge in [-0.05, 0) is 42.7 Å². The zero-order valence-corrected chi connectivity index (χ0v) is 11.4. The highest BCUT2D eigenvalue weighted by Gasteiger charge is 1.99. The number of thiocarbonyl (C=S) groups is 1. The first kappa shape index (κ1) is 12.7.